The molecule has 0 radical (unpaired) electrons. The summed E-state index contributed by atoms with van der Waals surface area (Å²) in [6, 6.07) is 19.7. The van der Waals surface area contributed by atoms with E-state index < -0.39 is 27.2 Å². The molecule has 10 nitrogen and oxygen atoms in total. The number of rotatable bonds is 7. The molecule has 0 fully saturated rings. The van der Waals surface area contributed by atoms with Gasteiger partial charge in [-0.05, 0) is 48.0 Å². The average molecular weight is 507 g/mol. The molecule has 12 heteroatoms. The van der Waals surface area contributed by atoms with Gasteiger partial charge < -0.3 is 0 Å². The van der Waals surface area contributed by atoms with Crippen LogP contribution in [0.25, 0.3) is 0 Å². The molecule has 5 rings (SSSR count). The van der Waals surface area contributed by atoms with Gasteiger partial charge in [0, 0.05) is 5.69 Å². The van der Waals surface area contributed by atoms with E-state index in [9.17, 15) is 18.0 Å². The molecule has 0 spiro atoms. The summed E-state index contributed by atoms with van der Waals surface area (Å²) in [6.45, 7) is 1.86. The maximum Gasteiger partial charge on any atom is 0.262 e. The van der Waals surface area contributed by atoms with Crippen molar-refractivity contribution < 1.29 is 18.0 Å². The van der Waals surface area contributed by atoms with Gasteiger partial charge in [0.2, 0.25) is 5.16 Å². The second-order valence-corrected chi connectivity index (χ2v) is 10.5. The van der Waals surface area contributed by atoms with Crippen LogP contribution in [0.3, 0.4) is 0 Å². The van der Waals surface area contributed by atoms with E-state index in [1.807, 2.05) is 13.0 Å². The molecule has 2 amide bonds. The van der Waals surface area contributed by atoms with E-state index in [0.717, 1.165) is 22.2 Å². The molecule has 1 aliphatic rings. The molecule has 0 saturated carbocycles. The van der Waals surface area contributed by atoms with Crippen molar-refractivity contribution in [2.45, 2.75) is 22.3 Å². The molecule has 3 aromatic carbocycles. The summed E-state index contributed by atoms with van der Waals surface area (Å²) >= 11 is 1.09. The number of carbonyl (C=O) groups is 2. The van der Waals surface area contributed by atoms with Gasteiger partial charge in [0.1, 0.15) is 5.37 Å². The second-order valence-electron chi connectivity index (χ2n) is 7.73. The van der Waals surface area contributed by atoms with Crippen LogP contribution < -0.4 is 4.72 Å². The first-order chi connectivity index (χ1) is 16.8. The smallest absolute Gasteiger partial charge is 0.262 e. The van der Waals surface area contributed by atoms with E-state index in [0.29, 0.717) is 5.56 Å². The lowest BCUT2D eigenvalue weighted by Crippen LogP contribution is -2.32. The van der Waals surface area contributed by atoms with Crippen molar-refractivity contribution >= 4 is 39.3 Å². The molecule has 2 N–H and O–H groups in total. The highest BCUT2D eigenvalue weighted by Crippen LogP contribution is 2.41. The van der Waals surface area contributed by atoms with Gasteiger partial charge in [0.05, 0.1) is 16.0 Å². The van der Waals surface area contributed by atoms with Crippen LogP contribution in [0.2, 0.25) is 0 Å². The lowest BCUT2D eigenvalue weighted by atomic mass is 10.1. The molecule has 176 valence electrons. The molecule has 0 saturated heterocycles. The third-order valence-corrected chi connectivity index (χ3v) is 7.85. The first kappa shape index (κ1) is 22.7. The molecule has 1 aliphatic heterocycles. The van der Waals surface area contributed by atoms with Gasteiger partial charge in [-0.15, -0.1) is 10.2 Å². The largest absolute Gasteiger partial charge is 0.280 e. The van der Waals surface area contributed by atoms with Gasteiger partial charge in [0.15, 0.2) is 0 Å². The van der Waals surface area contributed by atoms with Crippen molar-refractivity contribution in [3.05, 3.63) is 95.1 Å². The summed E-state index contributed by atoms with van der Waals surface area (Å²) < 4.78 is 28.1. The van der Waals surface area contributed by atoms with Crippen LogP contribution >= 0.6 is 11.8 Å². The standard InChI is InChI=1S/C23H18N6O4S2/c1-14-7-10-17(11-8-14)35(32,33)26-16-9-12-18-19(13-16)21(31)29(20(18)30)22(15-5-3-2-4-6-15)34-23-24-27-28-25-23/h2-13,22,26H,1H3,(H,24,25,27,28). The monoisotopic (exact) mass is 506 g/mol. The predicted molar refractivity (Wildman–Crippen MR) is 128 cm³/mol. The van der Waals surface area contributed by atoms with E-state index in [1.165, 1.54) is 30.3 Å². The van der Waals surface area contributed by atoms with Crippen LogP contribution in [0.1, 0.15) is 37.2 Å². The van der Waals surface area contributed by atoms with Crippen LogP contribution in [0.4, 0.5) is 5.69 Å². The molecule has 1 aromatic heterocycles. The summed E-state index contributed by atoms with van der Waals surface area (Å²) in [5.41, 5.74) is 2.08. The van der Waals surface area contributed by atoms with Crippen LogP contribution in [0, 0.1) is 6.92 Å². The highest BCUT2D eigenvalue weighted by Gasteiger charge is 2.42. The number of carbonyl (C=O) groups excluding carboxylic acids is 2. The van der Waals surface area contributed by atoms with Gasteiger partial charge in [0.25, 0.3) is 21.8 Å². The van der Waals surface area contributed by atoms with Gasteiger partial charge in [-0.1, -0.05) is 59.8 Å². The van der Waals surface area contributed by atoms with Crippen molar-refractivity contribution in [1.29, 1.82) is 0 Å². The third-order valence-electron chi connectivity index (χ3n) is 5.36. The predicted octanol–water partition coefficient (Wildman–Crippen LogP) is 3.40. The maximum atomic E-state index is 13.4. The molecule has 0 bridgehead atoms. The van der Waals surface area contributed by atoms with Crippen LogP contribution in [-0.4, -0.2) is 45.8 Å². The normalized spacial score (nSPS) is 14.1. The van der Waals surface area contributed by atoms with E-state index in [-0.39, 0.29) is 26.9 Å². The average Bonchev–Trinajstić information content (AvgIpc) is 3.45. The Morgan fingerprint density at radius 2 is 1.66 bits per heavy atom. The molecule has 0 aliphatic carbocycles. The molecular formula is C23H18N6O4S2. The maximum absolute atomic E-state index is 13.4. The fraction of sp³-hybridized carbons (Fsp3) is 0.0870. The van der Waals surface area contributed by atoms with Crippen molar-refractivity contribution in [3.63, 3.8) is 0 Å². The Morgan fingerprint density at radius 1 is 0.943 bits per heavy atom. The minimum absolute atomic E-state index is 0.0910. The van der Waals surface area contributed by atoms with Crippen LogP contribution in [-0.2, 0) is 10.0 Å². The number of nitrogens with one attached hydrogen (secondary N) is 2. The molecule has 1 unspecified atom stereocenters. The van der Waals surface area contributed by atoms with Crippen molar-refractivity contribution in [1.82, 2.24) is 25.5 Å². The first-order valence-corrected chi connectivity index (χ1v) is 12.8. The van der Waals surface area contributed by atoms with Gasteiger partial charge in [-0.3, -0.25) is 19.2 Å². The minimum Gasteiger partial charge on any atom is -0.280 e. The van der Waals surface area contributed by atoms with Crippen LogP contribution in [0.15, 0.2) is 82.8 Å². The lowest BCUT2D eigenvalue weighted by Gasteiger charge is -2.24. The van der Waals surface area contributed by atoms with E-state index in [4.69, 9.17) is 0 Å². The number of fused-ring (bicyclic) bond motifs is 1. The lowest BCUT2D eigenvalue weighted by molar-refractivity contribution is 0.0636. The van der Waals surface area contributed by atoms with Gasteiger partial charge >= 0.3 is 0 Å². The Hall–Kier alpha value is -4.03. The van der Waals surface area contributed by atoms with Gasteiger partial charge in [-0.25, -0.2) is 8.42 Å². The molecule has 2 heterocycles. The number of aryl methyl sites for hydroxylation is 1. The zero-order valence-electron chi connectivity index (χ0n) is 18.2. The number of aromatic nitrogens is 4. The zero-order valence-corrected chi connectivity index (χ0v) is 19.9. The summed E-state index contributed by atoms with van der Waals surface area (Å²) in [6.07, 6.45) is 0. The number of nitrogens with zero attached hydrogens (tertiary/aromatic N) is 4. The summed E-state index contributed by atoms with van der Waals surface area (Å²) in [7, 11) is -3.88. The second kappa shape index (κ2) is 8.96. The highest BCUT2D eigenvalue weighted by molar-refractivity contribution is 7.99. The number of H-pyrrole nitrogens is 1. The number of amides is 2. The van der Waals surface area contributed by atoms with E-state index in [1.54, 1.807) is 36.4 Å². The number of hydrogen-bond acceptors (Lipinski definition) is 8. The number of tetrazole rings is 1. The zero-order chi connectivity index (χ0) is 24.6. The SMILES string of the molecule is Cc1ccc(S(=O)(=O)Nc2ccc3c(c2)C(=O)N(C(Sc2nn[nH]n2)c2ccccc2)C3=O)cc1. The third kappa shape index (κ3) is 4.40. The molecule has 35 heavy (non-hydrogen) atoms. The van der Waals surface area contributed by atoms with Gasteiger partial charge in [-0.2, -0.15) is 5.21 Å². The molecule has 4 aromatic rings. The van der Waals surface area contributed by atoms with E-state index >= 15 is 0 Å². The fourth-order valence-electron chi connectivity index (χ4n) is 3.66. The van der Waals surface area contributed by atoms with Crippen molar-refractivity contribution in [2.75, 3.05) is 4.72 Å². The van der Waals surface area contributed by atoms with Crippen molar-refractivity contribution in [3.8, 4) is 0 Å². The quantitative estimate of drug-likeness (QED) is 0.287. The summed E-state index contributed by atoms with van der Waals surface area (Å²) in [5, 5.41) is 13.3. The van der Waals surface area contributed by atoms with E-state index in [2.05, 4.69) is 25.3 Å². The Morgan fingerprint density at radius 3 is 2.34 bits per heavy atom. The topological polar surface area (TPSA) is 138 Å². The van der Waals surface area contributed by atoms with Crippen molar-refractivity contribution in [2.24, 2.45) is 0 Å². The minimum atomic E-state index is -3.88. The Kier molecular flexibility index (Phi) is 5.83. The first-order valence-electron chi connectivity index (χ1n) is 10.4. The number of sulfonamides is 1. The number of hydrogen-bond donors (Lipinski definition) is 2. The Balaban J connectivity index is 1.47. The molecular weight excluding hydrogens is 488 g/mol. The number of aromatic amines is 1. The summed E-state index contributed by atoms with van der Waals surface area (Å²) in [4.78, 5) is 27.9. The Bertz CT molecular complexity index is 1510. The van der Waals surface area contributed by atoms with Crippen LogP contribution in [0.5, 0.6) is 0 Å². The summed E-state index contributed by atoms with van der Waals surface area (Å²) in [5.74, 6) is -1.05. The number of anilines is 1. The Labute approximate surface area is 204 Å². The number of thioether (sulfide) groups is 1. The highest BCUT2D eigenvalue weighted by atomic mass is 32.2. The molecule has 1 atom stereocenters. The number of benzene rings is 3. The fourth-order valence-corrected chi connectivity index (χ4v) is 5.68. The number of imide groups is 1.